The van der Waals surface area contributed by atoms with E-state index in [-0.39, 0.29) is 22.4 Å². The molecule has 0 saturated carbocycles. The average molecular weight is 471 g/mol. The molecule has 0 aliphatic rings. The van der Waals surface area contributed by atoms with Gasteiger partial charge in [0.2, 0.25) is 0 Å². The molecule has 0 aromatic heterocycles. The molecule has 0 fully saturated rings. The predicted octanol–water partition coefficient (Wildman–Crippen LogP) is 5.95. The quantitative estimate of drug-likeness (QED) is 0.288. The van der Waals surface area contributed by atoms with Crippen LogP contribution in [0.1, 0.15) is 43.5 Å². The molecule has 0 heterocycles. The van der Waals surface area contributed by atoms with Crippen LogP contribution in [0.25, 0.3) is 11.1 Å². The van der Waals surface area contributed by atoms with Gasteiger partial charge in [0.1, 0.15) is 11.6 Å². The normalized spacial score (nSPS) is 11.6. The van der Waals surface area contributed by atoms with Crippen LogP contribution in [0.5, 0.6) is 5.75 Å². The summed E-state index contributed by atoms with van der Waals surface area (Å²) in [4.78, 5) is 25.1. The highest BCUT2D eigenvalue weighted by molar-refractivity contribution is 6.03. The van der Waals surface area contributed by atoms with E-state index in [2.05, 4.69) is 0 Å². The van der Waals surface area contributed by atoms with Gasteiger partial charge >= 0.3 is 11.9 Å². The van der Waals surface area contributed by atoms with E-state index in [4.69, 9.17) is 10.5 Å². The van der Waals surface area contributed by atoms with E-state index in [1.54, 1.807) is 61.5 Å². The Hall–Kier alpha value is -4.65. The van der Waals surface area contributed by atoms with Crippen molar-refractivity contribution < 1.29 is 28.9 Å². The zero-order valence-electron chi connectivity index (χ0n) is 18.7. The van der Waals surface area contributed by atoms with Crippen LogP contribution in [0.3, 0.4) is 0 Å². The molecule has 35 heavy (non-hydrogen) atoms. The summed E-state index contributed by atoms with van der Waals surface area (Å²) in [7, 11) is 0. The number of aryl methyl sites for hydroxylation is 1. The Bertz CT molecular complexity index is 1400. The predicted molar refractivity (Wildman–Crippen MR) is 130 cm³/mol. The standard InChI is InChI=1S/C28H22FNO5/c1-16-14-22(18-8-5-9-20(30)15-18)24(28(33)34)25(23(16)27(31)32)26(17-6-3-2-4-7-17)35-21-12-10-19(29)11-13-21/h2-15,26H,30H2,1H3,(H,31,32)(H,33,34). The van der Waals surface area contributed by atoms with Gasteiger partial charge < -0.3 is 20.7 Å². The lowest BCUT2D eigenvalue weighted by molar-refractivity contribution is 0.0689. The second-order valence-electron chi connectivity index (χ2n) is 8.00. The number of anilines is 1. The first-order valence-electron chi connectivity index (χ1n) is 10.7. The molecule has 4 aromatic carbocycles. The number of benzene rings is 4. The molecule has 0 amide bonds. The van der Waals surface area contributed by atoms with Crippen LogP contribution < -0.4 is 10.5 Å². The van der Waals surface area contributed by atoms with Gasteiger partial charge in [-0.05, 0) is 71.6 Å². The first-order valence-corrected chi connectivity index (χ1v) is 10.7. The van der Waals surface area contributed by atoms with Crippen molar-refractivity contribution in [1.82, 2.24) is 0 Å². The minimum absolute atomic E-state index is 0.0158. The van der Waals surface area contributed by atoms with E-state index in [9.17, 15) is 24.2 Å². The Morgan fingerprint density at radius 2 is 1.51 bits per heavy atom. The summed E-state index contributed by atoms with van der Waals surface area (Å²) in [5.74, 6) is -2.82. The highest BCUT2D eigenvalue weighted by atomic mass is 19.1. The molecule has 1 unspecified atom stereocenters. The van der Waals surface area contributed by atoms with E-state index in [1.165, 1.54) is 30.3 Å². The third kappa shape index (κ3) is 4.84. The monoisotopic (exact) mass is 471 g/mol. The number of halogens is 1. The van der Waals surface area contributed by atoms with Crippen LogP contribution >= 0.6 is 0 Å². The summed E-state index contributed by atoms with van der Waals surface area (Å²) >= 11 is 0. The fourth-order valence-corrected chi connectivity index (χ4v) is 4.12. The number of hydrogen-bond acceptors (Lipinski definition) is 4. The van der Waals surface area contributed by atoms with E-state index >= 15 is 0 Å². The molecular weight excluding hydrogens is 449 g/mol. The van der Waals surface area contributed by atoms with Crippen LogP contribution in [-0.4, -0.2) is 22.2 Å². The van der Waals surface area contributed by atoms with Crippen LogP contribution in [0, 0.1) is 12.7 Å². The number of ether oxygens (including phenoxy) is 1. The summed E-state index contributed by atoms with van der Waals surface area (Å²) in [6.45, 7) is 1.61. The second-order valence-corrected chi connectivity index (χ2v) is 8.00. The number of carboxylic acid groups (broad SMARTS) is 2. The van der Waals surface area contributed by atoms with Gasteiger partial charge in [-0.2, -0.15) is 0 Å². The number of carboxylic acids is 2. The maximum Gasteiger partial charge on any atom is 0.336 e. The third-order valence-electron chi connectivity index (χ3n) is 5.62. The van der Waals surface area contributed by atoms with Crippen LogP contribution in [-0.2, 0) is 0 Å². The van der Waals surface area contributed by atoms with Gasteiger partial charge in [-0.25, -0.2) is 14.0 Å². The Morgan fingerprint density at radius 1 is 0.857 bits per heavy atom. The topological polar surface area (TPSA) is 110 Å². The lowest BCUT2D eigenvalue weighted by Crippen LogP contribution is -2.21. The highest BCUT2D eigenvalue weighted by Crippen LogP contribution is 2.39. The molecule has 0 spiro atoms. The van der Waals surface area contributed by atoms with E-state index in [0.29, 0.717) is 27.9 Å². The van der Waals surface area contributed by atoms with Gasteiger partial charge in [-0.3, -0.25) is 0 Å². The van der Waals surface area contributed by atoms with E-state index in [1.807, 2.05) is 0 Å². The summed E-state index contributed by atoms with van der Waals surface area (Å²) < 4.78 is 19.7. The van der Waals surface area contributed by atoms with Crippen molar-refractivity contribution >= 4 is 17.6 Å². The van der Waals surface area contributed by atoms with Gasteiger partial charge in [-0.15, -0.1) is 0 Å². The van der Waals surface area contributed by atoms with Crippen LogP contribution in [0.2, 0.25) is 0 Å². The van der Waals surface area contributed by atoms with Gasteiger partial charge in [-0.1, -0.05) is 42.5 Å². The fourth-order valence-electron chi connectivity index (χ4n) is 4.12. The Kier molecular flexibility index (Phi) is 6.51. The molecule has 6 nitrogen and oxygen atoms in total. The molecule has 1 atom stereocenters. The number of nitrogen functional groups attached to an aromatic ring is 1. The van der Waals surface area contributed by atoms with Crippen LogP contribution in [0.4, 0.5) is 10.1 Å². The van der Waals surface area contributed by atoms with Crippen molar-refractivity contribution in [2.75, 3.05) is 5.73 Å². The molecule has 0 aliphatic heterocycles. The summed E-state index contributed by atoms with van der Waals surface area (Å²) in [5.41, 5.74) is 7.70. The van der Waals surface area contributed by atoms with Gasteiger partial charge in [0.25, 0.3) is 0 Å². The minimum Gasteiger partial charge on any atom is -0.481 e. The summed E-state index contributed by atoms with van der Waals surface area (Å²) in [5, 5.41) is 20.5. The number of carbonyl (C=O) groups is 2. The van der Waals surface area contributed by atoms with Crippen molar-refractivity contribution in [3.8, 4) is 16.9 Å². The van der Waals surface area contributed by atoms with Gasteiger partial charge in [0.05, 0.1) is 11.1 Å². The Morgan fingerprint density at radius 3 is 2.11 bits per heavy atom. The number of rotatable bonds is 7. The lowest BCUT2D eigenvalue weighted by Gasteiger charge is -2.26. The maximum absolute atomic E-state index is 13.5. The van der Waals surface area contributed by atoms with E-state index in [0.717, 1.165) is 0 Å². The molecular formula is C28H22FNO5. The molecule has 4 rings (SSSR count). The summed E-state index contributed by atoms with van der Waals surface area (Å²) in [6, 6.07) is 22.2. The molecule has 176 valence electrons. The first kappa shape index (κ1) is 23.5. The molecule has 0 aliphatic carbocycles. The van der Waals surface area contributed by atoms with Gasteiger partial charge in [0, 0.05) is 11.3 Å². The number of hydrogen-bond donors (Lipinski definition) is 3. The van der Waals surface area contributed by atoms with Crippen molar-refractivity contribution in [3.05, 3.63) is 119 Å². The number of nitrogens with two attached hydrogens (primary N) is 1. The Labute approximate surface area is 201 Å². The fraction of sp³-hybridized carbons (Fsp3) is 0.0714. The van der Waals surface area contributed by atoms with E-state index < -0.39 is 23.9 Å². The zero-order valence-corrected chi connectivity index (χ0v) is 18.7. The third-order valence-corrected chi connectivity index (χ3v) is 5.62. The second kappa shape index (κ2) is 9.69. The SMILES string of the molecule is Cc1cc(-c2cccc(N)c2)c(C(=O)O)c(C(Oc2ccc(F)cc2)c2ccccc2)c1C(=O)O. The molecule has 0 radical (unpaired) electrons. The van der Waals surface area contributed by atoms with Crippen molar-refractivity contribution in [2.45, 2.75) is 13.0 Å². The highest BCUT2D eigenvalue weighted by Gasteiger charge is 2.32. The number of aromatic carboxylic acids is 2. The van der Waals surface area contributed by atoms with Crippen molar-refractivity contribution in [3.63, 3.8) is 0 Å². The van der Waals surface area contributed by atoms with Crippen molar-refractivity contribution in [1.29, 1.82) is 0 Å². The molecule has 0 saturated heterocycles. The molecule has 7 heteroatoms. The van der Waals surface area contributed by atoms with Crippen molar-refractivity contribution in [2.24, 2.45) is 0 Å². The smallest absolute Gasteiger partial charge is 0.336 e. The Balaban J connectivity index is 2.07. The average Bonchev–Trinajstić information content (AvgIpc) is 2.83. The van der Waals surface area contributed by atoms with Crippen LogP contribution in [0.15, 0.2) is 84.9 Å². The lowest BCUT2D eigenvalue weighted by atomic mass is 9.84. The minimum atomic E-state index is -1.32. The summed E-state index contributed by atoms with van der Waals surface area (Å²) in [6.07, 6.45) is -1.11. The first-order chi connectivity index (χ1) is 16.8. The molecule has 0 bridgehead atoms. The largest absolute Gasteiger partial charge is 0.481 e. The maximum atomic E-state index is 13.5. The molecule has 4 aromatic rings. The van der Waals surface area contributed by atoms with Gasteiger partial charge in [0.15, 0.2) is 6.10 Å². The zero-order chi connectivity index (χ0) is 25.1. The molecule has 4 N–H and O–H groups in total.